The molecule has 0 saturated carbocycles. The predicted octanol–water partition coefficient (Wildman–Crippen LogP) is 2.84. The van der Waals surface area contributed by atoms with Crippen LogP contribution in [-0.4, -0.2) is 45.2 Å². The van der Waals surface area contributed by atoms with Gasteiger partial charge in [-0.3, -0.25) is 4.90 Å². The predicted molar refractivity (Wildman–Crippen MR) is 83.2 cm³/mol. The van der Waals surface area contributed by atoms with Crippen molar-refractivity contribution in [3.8, 4) is 0 Å². The summed E-state index contributed by atoms with van der Waals surface area (Å²) >= 11 is 0. The number of fused-ring (bicyclic) bond motifs is 1. The molecular formula is C17H24N2O. The van der Waals surface area contributed by atoms with Gasteiger partial charge in [0.25, 0.3) is 0 Å². The van der Waals surface area contributed by atoms with E-state index in [1.807, 2.05) is 0 Å². The Balaban J connectivity index is 1.72. The number of hydrogen-bond acceptors (Lipinski definition) is 3. The maximum Gasteiger partial charge on any atom is 0.106 e. The van der Waals surface area contributed by atoms with E-state index in [1.165, 1.54) is 17.7 Å². The van der Waals surface area contributed by atoms with Gasteiger partial charge < -0.3 is 9.64 Å². The van der Waals surface area contributed by atoms with Gasteiger partial charge in [0.05, 0.1) is 13.7 Å². The molecule has 2 atom stereocenters. The van der Waals surface area contributed by atoms with E-state index in [0.29, 0.717) is 12.0 Å². The normalized spacial score (nSPS) is 26.4. The van der Waals surface area contributed by atoms with Crippen LogP contribution < -0.4 is 4.90 Å². The fraction of sp³-hybridized carbons (Fsp3) is 0.529. The Morgan fingerprint density at radius 1 is 1.25 bits per heavy atom. The topological polar surface area (TPSA) is 15.7 Å². The van der Waals surface area contributed by atoms with Crippen LogP contribution in [-0.2, 0) is 4.74 Å². The van der Waals surface area contributed by atoms with Gasteiger partial charge in [-0.2, -0.15) is 0 Å². The highest BCUT2D eigenvalue weighted by Crippen LogP contribution is 2.38. The highest BCUT2D eigenvalue weighted by Gasteiger charge is 2.30. The monoisotopic (exact) mass is 272 g/mol. The maximum atomic E-state index is 5.36. The van der Waals surface area contributed by atoms with Crippen molar-refractivity contribution in [1.29, 1.82) is 0 Å². The molecule has 0 amide bonds. The number of para-hydroxylation sites is 1. The second kappa shape index (κ2) is 5.49. The van der Waals surface area contributed by atoms with Crippen molar-refractivity contribution < 1.29 is 4.74 Å². The van der Waals surface area contributed by atoms with Gasteiger partial charge in [-0.1, -0.05) is 18.2 Å². The van der Waals surface area contributed by atoms with E-state index in [0.717, 1.165) is 25.3 Å². The fourth-order valence-corrected chi connectivity index (χ4v) is 3.55. The van der Waals surface area contributed by atoms with Crippen LogP contribution in [0.15, 0.2) is 36.1 Å². The summed E-state index contributed by atoms with van der Waals surface area (Å²) in [6.07, 6.45) is 4.59. The average Bonchev–Trinajstić information content (AvgIpc) is 2.78. The molecule has 2 aliphatic rings. The molecule has 3 rings (SSSR count). The van der Waals surface area contributed by atoms with Gasteiger partial charge in [-0.15, -0.1) is 0 Å². The van der Waals surface area contributed by atoms with Gasteiger partial charge in [0.1, 0.15) is 5.76 Å². The first-order chi connectivity index (χ1) is 9.69. The van der Waals surface area contributed by atoms with Crippen LogP contribution >= 0.6 is 0 Å². The molecule has 108 valence electrons. The third-order valence-electron chi connectivity index (χ3n) is 4.75. The average molecular weight is 272 g/mol. The van der Waals surface area contributed by atoms with Gasteiger partial charge in [0.15, 0.2) is 0 Å². The molecule has 1 aromatic carbocycles. The maximum absolute atomic E-state index is 5.36. The summed E-state index contributed by atoms with van der Waals surface area (Å²) in [5.74, 6) is 1.76. The SMILES string of the molecule is COC1=CC[C@H](C[C@@H]2CN(C)c3ccccc32)N(C)C1. The molecule has 0 spiro atoms. The summed E-state index contributed by atoms with van der Waals surface area (Å²) < 4.78 is 5.36. The van der Waals surface area contributed by atoms with E-state index < -0.39 is 0 Å². The molecule has 0 saturated heterocycles. The zero-order valence-corrected chi connectivity index (χ0v) is 12.7. The van der Waals surface area contributed by atoms with E-state index in [-0.39, 0.29) is 0 Å². The van der Waals surface area contributed by atoms with Gasteiger partial charge in [0.2, 0.25) is 0 Å². The molecular weight excluding hydrogens is 248 g/mol. The summed E-state index contributed by atoms with van der Waals surface area (Å²) in [6.45, 7) is 2.08. The number of likely N-dealkylation sites (N-methyl/N-ethyl adjacent to an activating group) is 2. The Morgan fingerprint density at radius 3 is 2.80 bits per heavy atom. The molecule has 0 unspecified atom stereocenters. The second-order valence-corrected chi connectivity index (χ2v) is 6.05. The lowest BCUT2D eigenvalue weighted by atomic mass is 9.91. The van der Waals surface area contributed by atoms with Crippen LogP contribution in [0.2, 0.25) is 0 Å². The van der Waals surface area contributed by atoms with Crippen molar-refractivity contribution in [1.82, 2.24) is 4.90 Å². The summed E-state index contributed by atoms with van der Waals surface area (Å²) in [6, 6.07) is 9.46. The van der Waals surface area contributed by atoms with Crippen molar-refractivity contribution in [2.75, 3.05) is 39.2 Å². The molecule has 3 heteroatoms. The first-order valence-corrected chi connectivity index (χ1v) is 7.42. The number of anilines is 1. The number of nitrogens with zero attached hydrogens (tertiary/aromatic N) is 2. The van der Waals surface area contributed by atoms with Crippen molar-refractivity contribution in [3.63, 3.8) is 0 Å². The number of rotatable bonds is 3. The quantitative estimate of drug-likeness (QED) is 0.841. The molecule has 0 aromatic heterocycles. The molecule has 2 aliphatic heterocycles. The van der Waals surface area contributed by atoms with Crippen molar-refractivity contribution in [2.45, 2.75) is 24.8 Å². The molecule has 0 aliphatic carbocycles. The Labute approximate surface area is 121 Å². The first kappa shape index (κ1) is 13.5. The molecule has 0 bridgehead atoms. The van der Waals surface area contributed by atoms with Gasteiger partial charge in [-0.05, 0) is 37.6 Å². The third kappa shape index (κ3) is 2.42. The Kier molecular flexibility index (Phi) is 3.70. The number of hydrogen-bond donors (Lipinski definition) is 0. The minimum Gasteiger partial charge on any atom is -0.500 e. The molecule has 1 aromatic rings. The summed E-state index contributed by atoms with van der Waals surface area (Å²) in [5, 5.41) is 0. The van der Waals surface area contributed by atoms with E-state index in [9.17, 15) is 0 Å². The van der Waals surface area contributed by atoms with Crippen LogP contribution in [0, 0.1) is 0 Å². The van der Waals surface area contributed by atoms with Crippen LogP contribution in [0.25, 0.3) is 0 Å². The van der Waals surface area contributed by atoms with Gasteiger partial charge >= 0.3 is 0 Å². The second-order valence-electron chi connectivity index (χ2n) is 6.05. The van der Waals surface area contributed by atoms with Crippen LogP contribution in [0.3, 0.4) is 0 Å². The van der Waals surface area contributed by atoms with Gasteiger partial charge in [-0.25, -0.2) is 0 Å². The van der Waals surface area contributed by atoms with Crippen LogP contribution in [0.1, 0.15) is 24.3 Å². The smallest absolute Gasteiger partial charge is 0.106 e. The van der Waals surface area contributed by atoms with E-state index in [2.05, 4.69) is 54.2 Å². The zero-order chi connectivity index (χ0) is 14.1. The lowest BCUT2D eigenvalue weighted by molar-refractivity contribution is 0.167. The minimum atomic E-state index is 0.624. The first-order valence-electron chi connectivity index (χ1n) is 7.42. The van der Waals surface area contributed by atoms with Crippen molar-refractivity contribution in [2.24, 2.45) is 0 Å². The molecule has 0 N–H and O–H groups in total. The van der Waals surface area contributed by atoms with E-state index in [4.69, 9.17) is 4.74 Å². The molecule has 3 nitrogen and oxygen atoms in total. The Bertz CT molecular complexity index is 511. The van der Waals surface area contributed by atoms with Crippen LogP contribution in [0.4, 0.5) is 5.69 Å². The fourth-order valence-electron chi connectivity index (χ4n) is 3.55. The van der Waals surface area contributed by atoms with Crippen LogP contribution in [0.5, 0.6) is 0 Å². The lowest BCUT2D eigenvalue weighted by Crippen LogP contribution is -2.37. The molecule has 0 radical (unpaired) electrons. The Hall–Kier alpha value is -1.48. The molecule has 2 heterocycles. The molecule has 0 fully saturated rings. The number of methoxy groups -OCH3 is 1. The highest BCUT2D eigenvalue weighted by atomic mass is 16.5. The molecule has 20 heavy (non-hydrogen) atoms. The van der Waals surface area contributed by atoms with Gasteiger partial charge in [0, 0.05) is 31.2 Å². The number of benzene rings is 1. The summed E-state index contributed by atoms with van der Waals surface area (Å²) in [7, 11) is 6.18. The van der Waals surface area contributed by atoms with Crippen molar-refractivity contribution in [3.05, 3.63) is 41.7 Å². The minimum absolute atomic E-state index is 0.624. The van der Waals surface area contributed by atoms with E-state index in [1.54, 1.807) is 7.11 Å². The number of ether oxygens (including phenoxy) is 1. The van der Waals surface area contributed by atoms with E-state index >= 15 is 0 Å². The Morgan fingerprint density at radius 2 is 2.05 bits per heavy atom. The highest BCUT2D eigenvalue weighted by molar-refractivity contribution is 5.59. The largest absolute Gasteiger partial charge is 0.500 e. The summed E-state index contributed by atoms with van der Waals surface area (Å²) in [5.41, 5.74) is 2.93. The zero-order valence-electron chi connectivity index (χ0n) is 12.7. The van der Waals surface area contributed by atoms with Crippen molar-refractivity contribution >= 4 is 5.69 Å². The lowest BCUT2D eigenvalue weighted by Gasteiger charge is -2.33. The third-order valence-corrected chi connectivity index (χ3v) is 4.75. The summed E-state index contributed by atoms with van der Waals surface area (Å²) in [4.78, 5) is 4.82. The standard InChI is InChI=1S/C17H24N2O/c1-18-12-15(20-3)9-8-14(18)10-13-11-19(2)17-7-5-4-6-16(13)17/h4-7,9,13-14H,8,10-12H2,1-3H3/t13-,14-/m1/s1.